The Morgan fingerprint density at radius 2 is 1.78 bits per heavy atom. The van der Waals surface area contributed by atoms with Crippen molar-refractivity contribution in [2.75, 3.05) is 38.0 Å². The number of furan rings is 1. The monoisotopic (exact) mass is 365 g/mol. The maximum Gasteiger partial charge on any atom is 0.145 e. The van der Waals surface area contributed by atoms with Crippen molar-refractivity contribution in [1.29, 1.82) is 0 Å². The number of hydrogen-bond acceptors (Lipinski definition) is 6. The van der Waals surface area contributed by atoms with Crippen molar-refractivity contribution < 1.29 is 4.42 Å². The minimum absolute atomic E-state index is 0.615. The fourth-order valence-corrected chi connectivity index (χ4v) is 3.54. The van der Waals surface area contributed by atoms with E-state index in [9.17, 15) is 0 Å². The molecule has 1 aliphatic rings. The molecule has 1 N–H and O–H groups in total. The van der Waals surface area contributed by atoms with E-state index < -0.39 is 0 Å². The van der Waals surface area contributed by atoms with Crippen LogP contribution >= 0.6 is 0 Å². The van der Waals surface area contributed by atoms with Crippen LogP contribution in [0.5, 0.6) is 0 Å². The maximum absolute atomic E-state index is 5.67. The summed E-state index contributed by atoms with van der Waals surface area (Å²) in [5.74, 6) is 3.58. The number of hydrogen-bond donors (Lipinski definition) is 1. The number of para-hydroxylation sites is 1. The normalized spacial score (nSPS) is 16.1. The molecule has 3 heterocycles. The molecular weight excluding hydrogens is 338 g/mol. The topological polar surface area (TPSA) is 57.4 Å². The van der Waals surface area contributed by atoms with Gasteiger partial charge in [-0.25, -0.2) is 9.97 Å². The zero-order valence-electron chi connectivity index (χ0n) is 16.1. The molecule has 1 saturated heterocycles. The molecule has 4 rings (SSSR count). The molecule has 0 aliphatic carbocycles. The molecule has 142 valence electrons. The summed E-state index contributed by atoms with van der Waals surface area (Å²) in [5, 5.41) is 4.48. The highest BCUT2D eigenvalue weighted by Gasteiger charge is 2.17. The Morgan fingerprint density at radius 1 is 1.00 bits per heavy atom. The molecule has 0 amide bonds. The van der Waals surface area contributed by atoms with Crippen molar-refractivity contribution >= 4 is 16.7 Å². The summed E-state index contributed by atoms with van der Waals surface area (Å²) in [4.78, 5) is 14.6. The van der Waals surface area contributed by atoms with E-state index in [1.807, 2.05) is 31.2 Å². The highest BCUT2D eigenvalue weighted by atomic mass is 16.3. The van der Waals surface area contributed by atoms with Crippen LogP contribution in [-0.2, 0) is 13.1 Å². The van der Waals surface area contributed by atoms with Crippen molar-refractivity contribution in [3.63, 3.8) is 0 Å². The Kier molecular flexibility index (Phi) is 5.36. The van der Waals surface area contributed by atoms with E-state index in [1.165, 1.54) is 0 Å². The third-order valence-corrected chi connectivity index (χ3v) is 5.15. The first-order valence-electron chi connectivity index (χ1n) is 9.71. The molecule has 6 nitrogen and oxygen atoms in total. The molecule has 1 fully saturated rings. The molecule has 0 bridgehead atoms. The number of nitrogens with one attached hydrogen (secondary N) is 1. The lowest BCUT2D eigenvalue weighted by Gasteiger charge is -2.33. The largest absolute Gasteiger partial charge is 0.465 e. The zero-order valence-corrected chi connectivity index (χ0v) is 16.1. The molecule has 1 aromatic carbocycles. The fourth-order valence-electron chi connectivity index (χ4n) is 3.54. The number of aryl methyl sites for hydroxylation is 1. The minimum atomic E-state index is 0.615. The van der Waals surface area contributed by atoms with Crippen molar-refractivity contribution in [2.24, 2.45) is 0 Å². The highest BCUT2D eigenvalue weighted by Crippen LogP contribution is 2.22. The van der Waals surface area contributed by atoms with Crippen LogP contribution in [-0.4, -0.2) is 52.5 Å². The van der Waals surface area contributed by atoms with E-state index in [2.05, 4.69) is 34.2 Å². The van der Waals surface area contributed by atoms with Crippen LogP contribution in [0.25, 0.3) is 10.9 Å². The molecule has 6 heteroatoms. The Balaban J connectivity index is 1.53. The molecule has 0 radical (unpaired) electrons. The van der Waals surface area contributed by atoms with E-state index in [0.29, 0.717) is 6.54 Å². The lowest BCUT2D eigenvalue weighted by atomic mass is 10.2. The summed E-state index contributed by atoms with van der Waals surface area (Å²) in [6, 6.07) is 12.2. The number of piperazine rings is 1. The van der Waals surface area contributed by atoms with Gasteiger partial charge in [-0.2, -0.15) is 0 Å². The third kappa shape index (κ3) is 4.28. The summed E-state index contributed by atoms with van der Waals surface area (Å²) < 4.78 is 5.67. The first kappa shape index (κ1) is 17.9. The van der Waals surface area contributed by atoms with Gasteiger partial charge in [-0.1, -0.05) is 19.1 Å². The lowest BCUT2D eigenvalue weighted by molar-refractivity contribution is 0.129. The summed E-state index contributed by atoms with van der Waals surface area (Å²) in [6.45, 7) is 11.1. The number of benzene rings is 1. The molecule has 1 aliphatic heterocycles. The van der Waals surface area contributed by atoms with Gasteiger partial charge in [-0.05, 0) is 37.7 Å². The van der Waals surface area contributed by atoms with Gasteiger partial charge in [0.2, 0.25) is 0 Å². The SMILES string of the molecule is CCN1CCN(Cc2nc(NCc3ccc(C)o3)c3ccccc3n2)CC1. The van der Waals surface area contributed by atoms with Gasteiger partial charge in [0.15, 0.2) is 0 Å². The van der Waals surface area contributed by atoms with Crippen LogP contribution < -0.4 is 5.32 Å². The Labute approximate surface area is 160 Å². The van der Waals surface area contributed by atoms with Gasteiger partial charge in [0, 0.05) is 31.6 Å². The van der Waals surface area contributed by atoms with E-state index >= 15 is 0 Å². The third-order valence-electron chi connectivity index (χ3n) is 5.15. The van der Waals surface area contributed by atoms with E-state index in [1.54, 1.807) is 0 Å². The van der Waals surface area contributed by atoms with Crippen LogP contribution in [0.15, 0.2) is 40.8 Å². The average molecular weight is 365 g/mol. The summed E-state index contributed by atoms with van der Waals surface area (Å²) >= 11 is 0. The van der Waals surface area contributed by atoms with Gasteiger partial charge in [0.05, 0.1) is 18.6 Å². The van der Waals surface area contributed by atoms with Crippen molar-refractivity contribution in [3.05, 3.63) is 53.7 Å². The lowest BCUT2D eigenvalue weighted by Crippen LogP contribution is -2.45. The second-order valence-corrected chi connectivity index (χ2v) is 7.08. The average Bonchev–Trinajstić information content (AvgIpc) is 3.12. The predicted octanol–water partition coefficient (Wildman–Crippen LogP) is 3.28. The van der Waals surface area contributed by atoms with Gasteiger partial charge in [0.25, 0.3) is 0 Å². The molecule has 3 aromatic rings. The van der Waals surface area contributed by atoms with Crippen LogP contribution in [0, 0.1) is 6.92 Å². The van der Waals surface area contributed by atoms with Crippen molar-refractivity contribution in [3.8, 4) is 0 Å². The van der Waals surface area contributed by atoms with Gasteiger partial charge in [-0.15, -0.1) is 0 Å². The number of nitrogens with zero attached hydrogens (tertiary/aromatic N) is 4. The Hall–Kier alpha value is -2.44. The molecule has 0 unspecified atom stereocenters. The van der Waals surface area contributed by atoms with Crippen LogP contribution in [0.2, 0.25) is 0 Å². The minimum Gasteiger partial charge on any atom is -0.465 e. The van der Waals surface area contributed by atoms with E-state index in [-0.39, 0.29) is 0 Å². The Morgan fingerprint density at radius 3 is 2.52 bits per heavy atom. The number of aromatic nitrogens is 2. The first-order valence-corrected chi connectivity index (χ1v) is 9.71. The van der Waals surface area contributed by atoms with Crippen molar-refractivity contribution in [1.82, 2.24) is 19.8 Å². The Bertz CT molecular complexity index is 898. The van der Waals surface area contributed by atoms with Gasteiger partial charge in [0.1, 0.15) is 23.2 Å². The summed E-state index contributed by atoms with van der Waals surface area (Å²) in [6.07, 6.45) is 0. The van der Waals surface area contributed by atoms with E-state index in [0.717, 1.165) is 73.3 Å². The molecule has 2 aromatic heterocycles. The molecule has 0 spiro atoms. The van der Waals surface area contributed by atoms with Gasteiger partial charge in [-0.3, -0.25) is 4.90 Å². The van der Waals surface area contributed by atoms with Gasteiger partial charge >= 0.3 is 0 Å². The number of likely N-dealkylation sites (N-methyl/N-ethyl adjacent to an activating group) is 1. The van der Waals surface area contributed by atoms with E-state index in [4.69, 9.17) is 14.4 Å². The molecule has 27 heavy (non-hydrogen) atoms. The standard InChI is InChI=1S/C21H27N5O/c1-3-25-10-12-26(13-11-25)15-20-23-19-7-5-4-6-18(19)21(24-20)22-14-17-9-8-16(2)27-17/h4-9H,3,10-15H2,1-2H3,(H,22,23,24). The fraction of sp³-hybridized carbons (Fsp3) is 0.429. The van der Waals surface area contributed by atoms with Crippen molar-refractivity contribution in [2.45, 2.75) is 26.9 Å². The first-order chi connectivity index (χ1) is 13.2. The second-order valence-electron chi connectivity index (χ2n) is 7.08. The molecule has 0 atom stereocenters. The zero-order chi connectivity index (χ0) is 18.6. The summed E-state index contributed by atoms with van der Waals surface area (Å²) in [5.41, 5.74) is 0.979. The summed E-state index contributed by atoms with van der Waals surface area (Å²) in [7, 11) is 0. The molecule has 0 saturated carbocycles. The maximum atomic E-state index is 5.67. The van der Waals surface area contributed by atoms with Gasteiger partial charge < -0.3 is 14.6 Å². The number of anilines is 1. The highest BCUT2D eigenvalue weighted by molar-refractivity contribution is 5.88. The van der Waals surface area contributed by atoms with Crippen LogP contribution in [0.3, 0.4) is 0 Å². The molecular formula is C21H27N5O. The second kappa shape index (κ2) is 8.06. The van der Waals surface area contributed by atoms with Crippen LogP contribution in [0.1, 0.15) is 24.3 Å². The quantitative estimate of drug-likeness (QED) is 0.723. The smallest absolute Gasteiger partial charge is 0.145 e. The van der Waals surface area contributed by atoms with Crippen LogP contribution in [0.4, 0.5) is 5.82 Å². The number of fused-ring (bicyclic) bond motifs is 1. The predicted molar refractivity (Wildman–Crippen MR) is 108 cm³/mol. The number of rotatable bonds is 6.